The standard InChI is InChI=1S/C14H12N4O2/c15-10-7-5-9(6-8-10)13(19)20-18-12-4-2-1-3-11(12)17-14(18)16/h1-8H,15H2,(H2,16,17). The molecule has 0 bridgehead atoms. The third-order valence-electron chi connectivity index (χ3n) is 2.86. The zero-order chi connectivity index (χ0) is 14.1. The first-order chi connectivity index (χ1) is 9.65. The van der Waals surface area contributed by atoms with Gasteiger partial charge in [-0.25, -0.2) is 9.78 Å². The number of rotatable bonds is 2. The third kappa shape index (κ3) is 2.03. The Morgan fingerprint density at radius 2 is 1.75 bits per heavy atom. The van der Waals surface area contributed by atoms with E-state index in [1.54, 1.807) is 36.4 Å². The van der Waals surface area contributed by atoms with Crippen LogP contribution in [0.2, 0.25) is 0 Å². The van der Waals surface area contributed by atoms with Crippen molar-refractivity contribution >= 4 is 28.6 Å². The van der Waals surface area contributed by atoms with E-state index in [2.05, 4.69) is 4.98 Å². The second-order valence-electron chi connectivity index (χ2n) is 4.25. The van der Waals surface area contributed by atoms with Crippen LogP contribution >= 0.6 is 0 Å². The molecule has 0 spiro atoms. The summed E-state index contributed by atoms with van der Waals surface area (Å²) in [5.41, 5.74) is 13.6. The lowest BCUT2D eigenvalue weighted by molar-refractivity contribution is 0.0490. The van der Waals surface area contributed by atoms with Gasteiger partial charge < -0.3 is 16.3 Å². The van der Waals surface area contributed by atoms with Crippen molar-refractivity contribution in [2.45, 2.75) is 0 Å². The van der Waals surface area contributed by atoms with Gasteiger partial charge >= 0.3 is 5.97 Å². The van der Waals surface area contributed by atoms with Gasteiger partial charge in [-0.1, -0.05) is 12.1 Å². The largest absolute Gasteiger partial charge is 0.399 e. The molecule has 0 unspecified atom stereocenters. The predicted octanol–water partition coefficient (Wildman–Crippen LogP) is 1.47. The number of fused-ring (bicyclic) bond motifs is 1. The van der Waals surface area contributed by atoms with Crippen molar-refractivity contribution in [3.63, 3.8) is 0 Å². The number of nitrogens with zero attached hydrogens (tertiary/aromatic N) is 2. The second kappa shape index (κ2) is 4.58. The first-order valence-electron chi connectivity index (χ1n) is 5.96. The first kappa shape index (κ1) is 12.0. The molecule has 6 heteroatoms. The number of carbonyl (C=O) groups excluding carboxylic acids is 1. The summed E-state index contributed by atoms with van der Waals surface area (Å²) in [7, 11) is 0. The Bertz CT molecular complexity index is 777. The molecular weight excluding hydrogens is 256 g/mol. The lowest BCUT2D eigenvalue weighted by Crippen LogP contribution is -2.21. The molecule has 6 nitrogen and oxygen atoms in total. The number of aromatic nitrogens is 2. The molecule has 0 saturated heterocycles. The Labute approximate surface area is 114 Å². The van der Waals surface area contributed by atoms with E-state index in [4.69, 9.17) is 16.3 Å². The molecule has 0 aliphatic heterocycles. The Balaban J connectivity index is 1.95. The maximum Gasteiger partial charge on any atom is 0.363 e. The number of benzene rings is 2. The molecule has 0 fully saturated rings. The maximum absolute atomic E-state index is 12.1. The minimum atomic E-state index is -0.528. The van der Waals surface area contributed by atoms with Crippen LogP contribution in [-0.2, 0) is 0 Å². The van der Waals surface area contributed by atoms with Crippen molar-refractivity contribution in [1.82, 2.24) is 9.71 Å². The Hall–Kier alpha value is -3.02. The molecule has 20 heavy (non-hydrogen) atoms. The summed E-state index contributed by atoms with van der Waals surface area (Å²) in [5, 5.41) is 0. The summed E-state index contributed by atoms with van der Waals surface area (Å²) in [4.78, 5) is 21.4. The van der Waals surface area contributed by atoms with Crippen molar-refractivity contribution in [3.05, 3.63) is 54.1 Å². The summed E-state index contributed by atoms with van der Waals surface area (Å²) in [6, 6.07) is 13.7. The van der Waals surface area contributed by atoms with Crippen LogP contribution in [0.15, 0.2) is 48.5 Å². The average molecular weight is 268 g/mol. The van der Waals surface area contributed by atoms with Gasteiger partial charge in [-0.05, 0) is 36.4 Å². The number of carbonyl (C=O) groups is 1. The SMILES string of the molecule is Nc1ccc(C(=O)On2c(N)nc3ccccc32)cc1. The smallest absolute Gasteiger partial charge is 0.363 e. The van der Waals surface area contributed by atoms with Crippen LogP contribution in [-0.4, -0.2) is 15.7 Å². The van der Waals surface area contributed by atoms with E-state index in [0.29, 0.717) is 22.3 Å². The molecule has 1 heterocycles. The van der Waals surface area contributed by atoms with Crippen LogP contribution in [0.25, 0.3) is 11.0 Å². The highest BCUT2D eigenvalue weighted by molar-refractivity contribution is 5.91. The summed E-state index contributed by atoms with van der Waals surface area (Å²) in [6.45, 7) is 0. The van der Waals surface area contributed by atoms with Gasteiger partial charge in [0.1, 0.15) is 5.52 Å². The molecule has 3 rings (SSSR count). The zero-order valence-electron chi connectivity index (χ0n) is 10.5. The molecule has 0 atom stereocenters. The maximum atomic E-state index is 12.1. The van der Waals surface area contributed by atoms with E-state index in [-0.39, 0.29) is 5.95 Å². The lowest BCUT2D eigenvalue weighted by Gasteiger charge is -2.06. The fourth-order valence-electron chi connectivity index (χ4n) is 1.87. The molecule has 0 radical (unpaired) electrons. The molecule has 0 amide bonds. The number of para-hydroxylation sites is 2. The second-order valence-corrected chi connectivity index (χ2v) is 4.25. The van der Waals surface area contributed by atoms with Gasteiger partial charge in [-0.3, -0.25) is 0 Å². The molecule has 0 aliphatic carbocycles. The van der Waals surface area contributed by atoms with Crippen LogP contribution < -0.4 is 16.3 Å². The lowest BCUT2D eigenvalue weighted by atomic mass is 10.2. The molecule has 1 aromatic heterocycles. The average Bonchev–Trinajstić information content (AvgIpc) is 2.76. The van der Waals surface area contributed by atoms with Crippen LogP contribution in [0.1, 0.15) is 10.4 Å². The summed E-state index contributed by atoms with van der Waals surface area (Å²) >= 11 is 0. The Kier molecular flexibility index (Phi) is 2.76. The number of hydrogen-bond donors (Lipinski definition) is 2. The molecule has 4 N–H and O–H groups in total. The van der Waals surface area contributed by atoms with Gasteiger partial charge in [0.05, 0.1) is 11.1 Å². The molecule has 2 aromatic carbocycles. The highest BCUT2D eigenvalue weighted by atomic mass is 16.7. The zero-order valence-corrected chi connectivity index (χ0v) is 10.5. The van der Waals surface area contributed by atoms with E-state index in [1.165, 1.54) is 4.73 Å². The van der Waals surface area contributed by atoms with Crippen molar-refractivity contribution in [2.24, 2.45) is 0 Å². The molecule has 0 aliphatic rings. The third-order valence-corrected chi connectivity index (χ3v) is 2.86. The topological polar surface area (TPSA) is 96.2 Å². The van der Waals surface area contributed by atoms with E-state index in [9.17, 15) is 4.79 Å². The van der Waals surface area contributed by atoms with Crippen molar-refractivity contribution in [2.75, 3.05) is 11.5 Å². The van der Waals surface area contributed by atoms with Crippen LogP contribution in [0.5, 0.6) is 0 Å². The quantitative estimate of drug-likeness (QED) is 0.686. The van der Waals surface area contributed by atoms with Gasteiger partial charge in [0.25, 0.3) is 0 Å². The number of hydrogen-bond acceptors (Lipinski definition) is 5. The molecule has 100 valence electrons. The van der Waals surface area contributed by atoms with E-state index < -0.39 is 5.97 Å². The molecule has 3 aromatic rings. The van der Waals surface area contributed by atoms with Crippen molar-refractivity contribution in [3.8, 4) is 0 Å². The van der Waals surface area contributed by atoms with E-state index in [0.717, 1.165) is 0 Å². The summed E-state index contributed by atoms with van der Waals surface area (Å²) in [5.74, 6) is -0.408. The molecular formula is C14H12N4O2. The van der Waals surface area contributed by atoms with Crippen molar-refractivity contribution < 1.29 is 9.63 Å². The van der Waals surface area contributed by atoms with Gasteiger partial charge in [0, 0.05) is 5.69 Å². The van der Waals surface area contributed by atoms with Gasteiger partial charge in [-0.2, -0.15) is 0 Å². The Morgan fingerprint density at radius 1 is 1.05 bits per heavy atom. The number of nitrogens with two attached hydrogens (primary N) is 2. The highest BCUT2D eigenvalue weighted by Gasteiger charge is 2.14. The van der Waals surface area contributed by atoms with Gasteiger partial charge in [0.2, 0.25) is 5.95 Å². The minimum absolute atomic E-state index is 0.120. The fraction of sp³-hybridized carbons (Fsp3) is 0. The fourth-order valence-corrected chi connectivity index (χ4v) is 1.87. The van der Waals surface area contributed by atoms with Crippen LogP contribution in [0, 0.1) is 0 Å². The van der Waals surface area contributed by atoms with E-state index in [1.807, 2.05) is 12.1 Å². The van der Waals surface area contributed by atoms with Gasteiger partial charge in [-0.15, -0.1) is 4.73 Å². The predicted molar refractivity (Wildman–Crippen MR) is 75.9 cm³/mol. The first-order valence-corrected chi connectivity index (χ1v) is 5.96. The summed E-state index contributed by atoms with van der Waals surface area (Å²) < 4.78 is 1.22. The van der Waals surface area contributed by atoms with Crippen LogP contribution in [0.3, 0.4) is 0 Å². The minimum Gasteiger partial charge on any atom is -0.399 e. The highest BCUT2D eigenvalue weighted by Crippen LogP contribution is 2.16. The van der Waals surface area contributed by atoms with Gasteiger partial charge in [0.15, 0.2) is 0 Å². The Morgan fingerprint density at radius 3 is 2.50 bits per heavy atom. The monoisotopic (exact) mass is 268 g/mol. The normalized spacial score (nSPS) is 10.6. The molecule has 0 saturated carbocycles. The van der Waals surface area contributed by atoms with Crippen LogP contribution in [0.4, 0.5) is 11.6 Å². The van der Waals surface area contributed by atoms with Crippen molar-refractivity contribution in [1.29, 1.82) is 0 Å². The number of imidazole rings is 1. The number of nitrogen functional groups attached to an aromatic ring is 2. The number of anilines is 2. The summed E-state index contributed by atoms with van der Waals surface area (Å²) in [6.07, 6.45) is 0. The van der Waals surface area contributed by atoms with E-state index >= 15 is 0 Å².